The molecule has 1 amide bonds. The van der Waals surface area contributed by atoms with Crippen LogP contribution >= 0.6 is 11.6 Å². The molecule has 0 fully saturated rings. The van der Waals surface area contributed by atoms with E-state index in [1.807, 2.05) is 30.3 Å². The maximum absolute atomic E-state index is 11.6. The van der Waals surface area contributed by atoms with Gasteiger partial charge >= 0.3 is 0 Å². The lowest BCUT2D eigenvalue weighted by atomic mass is 10.2. The SMILES string of the molecule is N/C(=N\OCC(=O)NCCOc1ccccc1)c1cccc(Cl)c1. The molecule has 0 atom stereocenters. The topological polar surface area (TPSA) is 85.9 Å². The number of ether oxygens (including phenoxy) is 1. The van der Waals surface area contributed by atoms with Crippen LogP contribution in [-0.4, -0.2) is 31.5 Å². The molecule has 0 aliphatic carbocycles. The van der Waals surface area contributed by atoms with E-state index in [-0.39, 0.29) is 18.3 Å². The van der Waals surface area contributed by atoms with Crippen LogP contribution in [-0.2, 0) is 9.63 Å². The molecule has 24 heavy (non-hydrogen) atoms. The zero-order valence-corrected chi connectivity index (χ0v) is 13.7. The van der Waals surface area contributed by atoms with Crippen molar-refractivity contribution in [1.29, 1.82) is 0 Å². The normalized spacial score (nSPS) is 11.0. The van der Waals surface area contributed by atoms with E-state index in [4.69, 9.17) is 26.9 Å². The van der Waals surface area contributed by atoms with Gasteiger partial charge in [-0.3, -0.25) is 4.79 Å². The minimum absolute atomic E-state index is 0.151. The minimum Gasteiger partial charge on any atom is -0.492 e. The number of hydrogen-bond donors (Lipinski definition) is 2. The Bertz CT molecular complexity index is 692. The van der Waals surface area contributed by atoms with E-state index in [1.54, 1.807) is 24.3 Å². The van der Waals surface area contributed by atoms with Gasteiger partial charge in [0.1, 0.15) is 12.4 Å². The number of amides is 1. The highest BCUT2D eigenvalue weighted by Crippen LogP contribution is 2.10. The van der Waals surface area contributed by atoms with Gasteiger partial charge in [0.2, 0.25) is 0 Å². The fourth-order valence-corrected chi connectivity index (χ4v) is 1.98. The molecule has 0 unspecified atom stereocenters. The summed E-state index contributed by atoms with van der Waals surface area (Å²) in [7, 11) is 0. The molecule has 0 radical (unpaired) electrons. The number of benzene rings is 2. The molecular formula is C17H18ClN3O3. The summed E-state index contributed by atoms with van der Waals surface area (Å²) < 4.78 is 5.45. The fraction of sp³-hybridized carbons (Fsp3) is 0.176. The lowest BCUT2D eigenvalue weighted by Crippen LogP contribution is -2.31. The van der Waals surface area contributed by atoms with Crippen molar-refractivity contribution in [2.24, 2.45) is 10.9 Å². The lowest BCUT2D eigenvalue weighted by molar-refractivity contribution is -0.125. The van der Waals surface area contributed by atoms with Crippen molar-refractivity contribution in [3.63, 3.8) is 0 Å². The fourth-order valence-electron chi connectivity index (χ4n) is 1.79. The van der Waals surface area contributed by atoms with E-state index in [0.29, 0.717) is 23.7 Å². The van der Waals surface area contributed by atoms with Gasteiger partial charge in [-0.15, -0.1) is 0 Å². The first-order valence-corrected chi connectivity index (χ1v) is 7.69. The molecule has 2 aromatic carbocycles. The second kappa shape index (κ2) is 9.42. The number of nitrogens with zero attached hydrogens (tertiary/aromatic N) is 1. The Balaban J connectivity index is 1.65. The Morgan fingerprint density at radius 3 is 2.71 bits per heavy atom. The zero-order valence-electron chi connectivity index (χ0n) is 12.9. The molecule has 0 aliphatic heterocycles. The van der Waals surface area contributed by atoms with Crippen LogP contribution in [0.25, 0.3) is 0 Å². The summed E-state index contributed by atoms with van der Waals surface area (Å²) in [4.78, 5) is 16.5. The summed E-state index contributed by atoms with van der Waals surface area (Å²) in [5.74, 6) is 0.592. The molecular weight excluding hydrogens is 330 g/mol. The first-order chi connectivity index (χ1) is 11.6. The molecule has 3 N–H and O–H groups in total. The van der Waals surface area contributed by atoms with Crippen LogP contribution in [0.2, 0.25) is 5.02 Å². The number of nitrogens with one attached hydrogen (secondary N) is 1. The van der Waals surface area contributed by atoms with E-state index in [1.165, 1.54) is 0 Å². The number of amidine groups is 1. The first kappa shape index (κ1) is 17.6. The van der Waals surface area contributed by atoms with Crippen LogP contribution in [0, 0.1) is 0 Å². The van der Waals surface area contributed by atoms with E-state index in [9.17, 15) is 4.79 Å². The van der Waals surface area contributed by atoms with Crippen LogP contribution in [0.5, 0.6) is 5.75 Å². The molecule has 6 nitrogen and oxygen atoms in total. The van der Waals surface area contributed by atoms with Gasteiger partial charge in [0.15, 0.2) is 12.4 Å². The lowest BCUT2D eigenvalue weighted by Gasteiger charge is -2.07. The van der Waals surface area contributed by atoms with Crippen molar-refractivity contribution in [1.82, 2.24) is 5.32 Å². The molecule has 0 bridgehead atoms. The maximum atomic E-state index is 11.6. The third-order valence-electron chi connectivity index (χ3n) is 2.92. The Kier molecular flexibility index (Phi) is 6.91. The number of para-hydroxylation sites is 1. The van der Waals surface area contributed by atoms with Gasteiger partial charge < -0.3 is 20.6 Å². The second-order valence-electron chi connectivity index (χ2n) is 4.77. The molecule has 126 valence electrons. The van der Waals surface area contributed by atoms with E-state index in [0.717, 1.165) is 5.75 Å². The van der Waals surface area contributed by atoms with Crippen molar-refractivity contribution in [2.45, 2.75) is 0 Å². The summed E-state index contributed by atoms with van der Waals surface area (Å²) in [6.07, 6.45) is 0. The van der Waals surface area contributed by atoms with Gasteiger partial charge in [-0.05, 0) is 24.3 Å². The third kappa shape index (κ3) is 6.18. The summed E-state index contributed by atoms with van der Waals surface area (Å²) >= 11 is 5.86. The smallest absolute Gasteiger partial charge is 0.260 e. The molecule has 2 aromatic rings. The molecule has 2 rings (SSSR count). The molecule has 0 saturated carbocycles. The summed E-state index contributed by atoms with van der Waals surface area (Å²) in [5.41, 5.74) is 6.38. The quantitative estimate of drug-likeness (QED) is 0.331. The monoisotopic (exact) mass is 347 g/mol. The number of halogens is 1. The van der Waals surface area contributed by atoms with Crippen molar-refractivity contribution >= 4 is 23.3 Å². The molecule has 0 aromatic heterocycles. The Hall–Kier alpha value is -2.73. The van der Waals surface area contributed by atoms with Crippen LogP contribution in [0.4, 0.5) is 0 Å². The van der Waals surface area contributed by atoms with Crippen molar-refractivity contribution in [3.8, 4) is 5.75 Å². The maximum Gasteiger partial charge on any atom is 0.260 e. The second-order valence-corrected chi connectivity index (χ2v) is 5.21. The highest BCUT2D eigenvalue weighted by Gasteiger charge is 2.03. The van der Waals surface area contributed by atoms with Gasteiger partial charge in [-0.25, -0.2) is 0 Å². The summed E-state index contributed by atoms with van der Waals surface area (Å²) in [5, 5.41) is 6.89. The molecule has 7 heteroatoms. The highest BCUT2D eigenvalue weighted by atomic mass is 35.5. The van der Waals surface area contributed by atoms with Gasteiger partial charge in [-0.1, -0.05) is 47.1 Å². The average molecular weight is 348 g/mol. The van der Waals surface area contributed by atoms with E-state index < -0.39 is 0 Å². The Labute approximate surface area is 145 Å². The standard InChI is InChI=1S/C17H18ClN3O3/c18-14-6-4-5-13(11-14)17(19)21-24-12-16(22)20-9-10-23-15-7-2-1-3-8-15/h1-8,11H,9-10,12H2,(H2,19,21)(H,20,22). The Morgan fingerprint density at radius 1 is 1.17 bits per heavy atom. The van der Waals surface area contributed by atoms with Crippen molar-refractivity contribution < 1.29 is 14.4 Å². The van der Waals surface area contributed by atoms with E-state index >= 15 is 0 Å². The predicted octanol–water partition coefficient (Wildman–Crippen LogP) is 2.17. The first-order valence-electron chi connectivity index (χ1n) is 7.31. The molecule has 0 spiro atoms. The average Bonchev–Trinajstić information content (AvgIpc) is 2.59. The largest absolute Gasteiger partial charge is 0.492 e. The van der Waals surface area contributed by atoms with Crippen molar-refractivity contribution in [2.75, 3.05) is 19.8 Å². The number of nitrogens with two attached hydrogens (primary N) is 1. The van der Waals surface area contributed by atoms with Gasteiger partial charge in [-0.2, -0.15) is 0 Å². The zero-order chi connectivity index (χ0) is 17.2. The molecule has 0 saturated heterocycles. The number of carbonyl (C=O) groups excluding carboxylic acids is 1. The van der Waals surface area contributed by atoms with Gasteiger partial charge in [0.05, 0.1) is 6.54 Å². The van der Waals surface area contributed by atoms with Gasteiger partial charge in [0, 0.05) is 10.6 Å². The number of rotatable bonds is 8. The summed E-state index contributed by atoms with van der Waals surface area (Å²) in [6, 6.07) is 16.2. The minimum atomic E-state index is -0.311. The highest BCUT2D eigenvalue weighted by molar-refractivity contribution is 6.31. The number of hydrogen-bond acceptors (Lipinski definition) is 4. The van der Waals surface area contributed by atoms with Gasteiger partial charge in [0.25, 0.3) is 5.91 Å². The van der Waals surface area contributed by atoms with Crippen LogP contribution < -0.4 is 15.8 Å². The number of oxime groups is 1. The summed E-state index contributed by atoms with van der Waals surface area (Å²) in [6.45, 7) is 0.501. The Morgan fingerprint density at radius 2 is 1.96 bits per heavy atom. The van der Waals surface area contributed by atoms with Crippen LogP contribution in [0.1, 0.15) is 5.56 Å². The number of carbonyl (C=O) groups is 1. The third-order valence-corrected chi connectivity index (χ3v) is 3.15. The molecule has 0 aliphatic rings. The van der Waals surface area contributed by atoms with Crippen LogP contribution in [0.15, 0.2) is 59.8 Å². The van der Waals surface area contributed by atoms with E-state index in [2.05, 4.69) is 10.5 Å². The van der Waals surface area contributed by atoms with Crippen LogP contribution in [0.3, 0.4) is 0 Å². The molecule has 0 heterocycles. The predicted molar refractivity (Wildman–Crippen MR) is 93.1 cm³/mol. The van der Waals surface area contributed by atoms with Crippen molar-refractivity contribution in [3.05, 3.63) is 65.2 Å².